The highest BCUT2D eigenvalue weighted by Crippen LogP contribution is 2.17. The molecule has 16 heavy (non-hydrogen) atoms. The lowest BCUT2D eigenvalue weighted by molar-refractivity contribution is -0.136. The van der Waals surface area contributed by atoms with Crippen molar-refractivity contribution in [2.45, 2.75) is 13.3 Å². The summed E-state index contributed by atoms with van der Waals surface area (Å²) in [4.78, 5) is 21.8. The largest absolute Gasteiger partial charge is 0.481 e. The van der Waals surface area contributed by atoms with Crippen molar-refractivity contribution in [2.24, 2.45) is 0 Å². The predicted octanol–water partition coefficient (Wildman–Crippen LogP) is 1.55. The molecule has 0 saturated heterocycles. The summed E-state index contributed by atoms with van der Waals surface area (Å²) in [6, 6.07) is 2.34. The van der Waals surface area contributed by atoms with Gasteiger partial charge in [0, 0.05) is 0 Å². The number of hydrogen-bond acceptors (Lipinski definition) is 3. The van der Waals surface area contributed by atoms with Crippen molar-refractivity contribution >= 4 is 11.9 Å². The summed E-state index contributed by atoms with van der Waals surface area (Å²) in [5, 5.41) is 8.56. The molecule has 1 rings (SSSR count). The van der Waals surface area contributed by atoms with Crippen LogP contribution in [-0.2, 0) is 16.0 Å². The number of rotatable bonds is 3. The molecule has 0 saturated carbocycles. The zero-order valence-electron chi connectivity index (χ0n) is 8.91. The summed E-state index contributed by atoms with van der Waals surface area (Å²) >= 11 is 0. The zero-order valence-corrected chi connectivity index (χ0v) is 8.91. The second-order valence-electron chi connectivity index (χ2n) is 3.32. The summed E-state index contributed by atoms with van der Waals surface area (Å²) in [6.45, 7) is 1.56. The Kier molecular flexibility index (Phi) is 3.60. The van der Waals surface area contributed by atoms with Crippen LogP contribution in [0.3, 0.4) is 0 Å². The normalized spacial score (nSPS) is 9.94. The molecule has 0 radical (unpaired) electrons. The first kappa shape index (κ1) is 12.2. The summed E-state index contributed by atoms with van der Waals surface area (Å²) < 4.78 is 17.9. The van der Waals surface area contributed by atoms with Crippen LogP contribution in [0.2, 0.25) is 0 Å². The number of carboxylic acids is 1. The third-order valence-corrected chi connectivity index (χ3v) is 2.14. The minimum atomic E-state index is -1.15. The van der Waals surface area contributed by atoms with Crippen LogP contribution in [0.15, 0.2) is 12.1 Å². The van der Waals surface area contributed by atoms with Gasteiger partial charge in [0.25, 0.3) is 0 Å². The molecule has 0 aliphatic carbocycles. The van der Waals surface area contributed by atoms with Gasteiger partial charge in [-0.25, -0.2) is 9.18 Å². The van der Waals surface area contributed by atoms with Gasteiger partial charge in [0.15, 0.2) is 0 Å². The molecule has 0 aromatic heterocycles. The van der Waals surface area contributed by atoms with Crippen molar-refractivity contribution in [2.75, 3.05) is 7.11 Å². The molecule has 4 nitrogen and oxygen atoms in total. The third-order valence-electron chi connectivity index (χ3n) is 2.14. The molecule has 5 heteroatoms. The fourth-order valence-electron chi connectivity index (χ4n) is 1.35. The number of carbonyl (C=O) groups excluding carboxylic acids is 1. The highest BCUT2D eigenvalue weighted by atomic mass is 19.1. The monoisotopic (exact) mass is 226 g/mol. The van der Waals surface area contributed by atoms with E-state index in [4.69, 9.17) is 5.11 Å². The molecule has 0 atom stereocenters. The second-order valence-corrected chi connectivity index (χ2v) is 3.32. The summed E-state index contributed by atoms with van der Waals surface area (Å²) in [5.74, 6) is -2.39. The first-order valence-corrected chi connectivity index (χ1v) is 4.55. The van der Waals surface area contributed by atoms with E-state index in [0.717, 1.165) is 6.07 Å². The van der Waals surface area contributed by atoms with Crippen molar-refractivity contribution in [3.63, 3.8) is 0 Å². The summed E-state index contributed by atoms with van der Waals surface area (Å²) in [5.41, 5.74) is 0.567. The van der Waals surface area contributed by atoms with Crippen molar-refractivity contribution < 1.29 is 23.8 Å². The van der Waals surface area contributed by atoms with E-state index in [1.165, 1.54) is 13.2 Å². The molecule has 1 N–H and O–H groups in total. The first-order valence-electron chi connectivity index (χ1n) is 4.55. The highest BCUT2D eigenvalue weighted by Gasteiger charge is 2.15. The Morgan fingerprint density at radius 2 is 2.06 bits per heavy atom. The predicted molar refractivity (Wildman–Crippen MR) is 53.8 cm³/mol. The summed E-state index contributed by atoms with van der Waals surface area (Å²) in [7, 11) is 1.21. The van der Waals surface area contributed by atoms with E-state index in [2.05, 4.69) is 4.74 Å². The fourth-order valence-corrected chi connectivity index (χ4v) is 1.35. The topological polar surface area (TPSA) is 63.6 Å². The quantitative estimate of drug-likeness (QED) is 0.794. The molecule has 0 aliphatic rings. The van der Waals surface area contributed by atoms with Crippen molar-refractivity contribution in [1.29, 1.82) is 0 Å². The van der Waals surface area contributed by atoms with E-state index < -0.39 is 24.2 Å². The molecule has 0 heterocycles. The van der Waals surface area contributed by atoms with E-state index in [1.54, 1.807) is 6.92 Å². The molecule has 0 bridgehead atoms. The van der Waals surface area contributed by atoms with Gasteiger partial charge >= 0.3 is 11.9 Å². The van der Waals surface area contributed by atoms with Crippen molar-refractivity contribution in [1.82, 2.24) is 0 Å². The average molecular weight is 226 g/mol. The third kappa shape index (κ3) is 2.56. The Balaban J connectivity index is 3.21. The minimum Gasteiger partial charge on any atom is -0.481 e. The lowest BCUT2D eigenvalue weighted by Crippen LogP contribution is -2.09. The van der Waals surface area contributed by atoms with Crippen LogP contribution >= 0.6 is 0 Å². The lowest BCUT2D eigenvalue weighted by Gasteiger charge is -2.07. The number of ether oxygens (including phenoxy) is 1. The van der Waals surface area contributed by atoms with Gasteiger partial charge in [0.1, 0.15) is 5.82 Å². The van der Waals surface area contributed by atoms with Gasteiger partial charge in [-0.1, -0.05) is 0 Å². The van der Waals surface area contributed by atoms with Crippen molar-refractivity contribution in [3.05, 3.63) is 34.6 Å². The number of halogens is 1. The number of aliphatic carboxylic acids is 1. The number of esters is 1. The number of hydrogen-bond donors (Lipinski definition) is 1. The molecule has 86 valence electrons. The van der Waals surface area contributed by atoms with Crippen LogP contribution in [0, 0.1) is 12.7 Å². The molecular weight excluding hydrogens is 215 g/mol. The summed E-state index contributed by atoms with van der Waals surface area (Å²) in [6.07, 6.45) is -0.462. The molecule has 0 spiro atoms. The maximum absolute atomic E-state index is 13.3. The van der Waals surface area contributed by atoms with Crippen LogP contribution in [-0.4, -0.2) is 24.2 Å². The standard InChI is InChI=1S/C11H11FO4/c1-6-3-9(12)7(5-10(13)14)4-8(6)11(15)16-2/h3-4H,5H2,1-2H3,(H,13,14). The fraction of sp³-hybridized carbons (Fsp3) is 0.273. The highest BCUT2D eigenvalue weighted by molar-refractivity contribution is 5.91. The van der Waals surface area contributed by atoms with Gasteiger partial charge in [0.05, 0.1) is 19.1 Å². The second kappa shape index (κ2) is 4.74. The van der Waals surface area contributed by atoms with Gasteiger partial charge in [-0.05, 0) is 30.2 Å². The van der Waals surface area contributed by atoms with Gasteiger partial charge in [0.2, 0.25) is 0 Å². The van der Waals surface area contributed by atoms with Gasteiger partial charge in [-0.2, -0.15) is 0 Å². The molecule has 0 aliphatic heterocycles. The zero-order chi connectivity index (χ0) is 12.3. The Bertz CT molecular complexity index is 440. The Hall–Kier alpha value is -1.91. The number of methoxy groups -OCH3 is 1. The number of aryl methyl sites for hydroxylation is 1. The van der Waals surface area contributed by atoms with E-state index in [0.29, 0.717) is 5.56 Å². The number of benzene rings is 1. The van der Waals surface area contributed by atoms with Crippen LogP contribution in [0.25, 0.3) is 0 Å². The van der Waals surface area contributed by atoms with Crippen LogP contribution in [0.4, 0.5) is 4.39 Å². The maximum atomic E-state index is 13.3. The smallest absolute Gasteiger partial charge is 0.338 e. The molecule has 0 unspecified atom stereocenters. The minimum absolute atomic E-state index is 0.0292. The average Bonchev–Trinajstić information content (AvgIpc) is 2.20. The number of carbonyl (C=O) groups is 2. The van der Waals surface area contributed by atoms with Gasteiger partial charge in [-0.15, -0.1) is 0 Å². The number of carboxylic acid groups (broad SMARTS) is 1. The molecular formula is C11H11FO4. The van der Waals surface area contributed by atoms with Crippen LogP contribution < -0.4 is 0 Å². The molecule has 1 aromatic rings. The van der Waals surface area contributed by atoms with Crippen LogP contribution in [0.1, 0.15) is 21.5 Å². The van der Waals surface area contributed by atoms with Gasteiger partial charge in [-0.3, -0.25) is 4.79 Å². The Morgan fingerprint density at radius 3 is 2.56 bits per heavy atom. The van der Waals surface area contributed by atoms with Crippen molar-refractivity contribution in [3.8, 4) is 0 Å². The maximum Gasteiger partial charge on any atom is 0.338 e. The van der Waals surface area contributed by atoms with E-state index in [1.807, 2.05) is 0 Å². The Morgan fingerprint density at radius 1 is 1.44 bits per heavy atom. The lowest BCUT2D eigenvalue weighted by atomic mass is 10.0. The van der Waals surface area contributed by atoms with Gasteiger partial charge < -0.3 is 9.84 Å². The first-order chi connectivity index (χ1) is 7.45. The van der Waals surface area contributed by atoms with E-state index in [-0.39, 0.29) is 11.1 Å². The Labute approximate surface area is 91.7 Å². The molecule has 1 aromatic carbocycles. The van der Waals surface area contributed by atoms with Crippen LogP contribution in [0.5, 0.6) is 0 Å². The molecule has 0 fully saturated rings. The van der Waals surface area contributed by atoms with E-state index >= 15 is 0 Å². The SMILES string of the molecule is COC(=O)c1cc(CC(=O)O)c(F)cc1C. The van der Waals surface area contributed by atoms with E-state index in [9.17, 15) is 14.0 Å². The molecule has 0 amide bonds.